The van der Waals surface area contributed by atoms with Crippen LogP contribution in [0.2, 0.25) is 0 Å². The zero-order valence-corrected chi connectivity index (χ0v) is 17.6. The molecule has 0 radical (unpaired) electrons. The Kier molecular flexibility index (Phi) is 6.09. The predicted molar refractivity (Wildman–Crippen MR) is 114 cm³/mol. The van der Waals surface area contributed by atoms with E-state index in [2.05, 4.69) is 21.0 Å². The Morgan fingerprint density at radius 1 is 1.09 bits per heavy atom. The number of likely N-dealkylation sites (tertiary alicyclic amines) is 1. The molecule has 1 aromatic carbocycles. The van der Waals surface area contributed by atoms with Crippen molar-refractivity contribution in [3.8, 4) is 17.5 Å². The van der Waals surface area contributed by atoms with Crippen molar-refractivity contribution < 1.29 is 18.0 Å². The van der Waals surface area contributed by atoms with Gasteiger partial charge in [0.15, 0.2) is 0 Å². The average molecular weight is 451 g/mol. The molecule has 0 saturated carbocycles. The summed E-state index contributed by atoms with van der Waals surface area (Å²) >= 11 is 0. The zero-order chi connectivity index (χ0) is 23.5. The highest BCUT2D eigenvalue weighted by molar-refractivity contribution is 5.99. The molecule has 1 saturated heterocycles. The number of hydrogen-bond acceptors (Lipinski definition) is 5. The third-order valence-corrected chi connectivity index (χ3v) is 5.90. The Hall–Kier alpha value is -3.80. The molecule has 0 bridgehead atoms. The summed E-state index contributed by atoms with van der Waals surface area (Å²) in [6, 6.07) is 12.4. The molecule has 6 nitrogen and oxygen atoms in total. The molecule has 0 aliphatic carbocycles. The van der Waals surface area contributed by atoms with Crippen molar-refractivity contribution in [1.82, 2.24) is 19.9 Å². The van der Waals surface area contributed by atoms with Crippen LogP contribution in [-0.4, -0.2) is 38.8 Å². The molecule has 1 aliphatic rings. The summed E-state index contributed by atoms with van der Waals surface area (Å²) in [5, 5.41) is 9.87. The standard InChI is InChI=1S/C24H20F3N5O/c25-24(26,27)18-4-1-3-17(13-18)14-23(15-28)7-11-32(12-8-23)22(33)19-5-2-9-30-21(19)20-6-10-29-16-31-20/h1-6,9-10,13,16H,7-8,11-12,14H2. The molecule has 2 aromatic heterocycles. The van der Waals surface area contributed by atoms with Gasteiger partial charge in [0.05, 0.1) is 28.3 Å². The van der Waals surface area contributed by atoms with Crippen molar-refractivity contribution in [2.24, 2.45) is 5.41 Å². The molecule has 3 heterocycles. The molecular formula is C24H20F3N5O. The van der Waals surface area contributed by atoms with E-state index in [-0.39, 0.29) is 12.3 Å². The zero-order valence-electron chi connectivity index (χ0n) is 17.6. The topological polar surface area (TPSA) is 82.8 Å². The van der Waals surface area contributed by atoms with E-state index in [1.807, 2.05) is 0 Å². The van der Waals surface area contributed by atoms with Gasteiger partial charge in [0.25, 0.3) is 5.91 Å². The smallest absolute Gasteiger partial charge is 0.338 e. The summed E-state index contributed by atoms with van der Waals surface area (Å²) in [5.74, 6) is -0.220. The monoisotopic (exact) mass is 451 g/mol. The van der Waals surface area contributed by atoms with Gasteiger partial charge in [-0.1, -0.05) is 18.2 Å². The molecule has 3 aromatic rings. The van der Waals surface area contributed by atoms with Crippen LogP contribution in [0, 0.1) is 16.7 Å². The van der Waals surface area contributed by atoms with Crippen LogP contribution in [0.3, 0.4) is 0 Å². The fraction of sp³-hybridized carbons (Fsp3) is 0.292. The van der Waals surface area contributed by atoms with Gasteiger partial charge in [-0.2, -0.15) is 18.4 Å². The highest BCUT2D eigenvalue weighted by Crippen LogP contribution is 2.37. The van der Waals surface area contributed by atoms with Crippen molar-refractivity contribution in [1.29, 1.82) is 5.26 Å². The lowest BCUT2D eigenvalue weighted by Gasteiger charge is -2.37. The van der Waals surface area contributed by atoms with E-state index in [4.69, 9.17) is 0 Å². The largest absolute Gasteiger partial charge is 0.416 e. The summed E-state index contributed by atoms with van der Waals surface area (Å²) in [6.45, 7) is 0.646. The van der Waals surface area contributed by atoms with Crippen LogP contribution in [-0.2, 0) is 12.6 Å². The van der Waals surface area contributed by atoms with Gasteiger partial charge in [-0.3, -0.25) is 9.78 Å². The predicted octanol–water partition coefficient (Wildman–Crippen LogP) is 4.55. The first-order valence-electron chi connectivity index (χ1n) is 10.4. The van der Waals surface area contributed by atoms with Crippen molar-refractivity contribution in [2.45, 2.75) is 25.4 Å². The first-order chi connectivity index (χ1) is 15.8. The van der Waals surface area contributed by atoms with E-state index in [0.717, 1.165) is 12.1 Å². The van der Waals surface area contributed by atoms with E-state index in [1.54, 1.807) is 41.6 Å². The number of piperidine rings is 1. The van der Waals surface area contributed by atoms with Gasteiger partial charge in [-0.05, 0) is 49.1 Å². The van der Waals surface area contributed by atoms with E-state index >= 15 is 0 Å². The number of carbonyl (C=O) groups is 1. The maximum atomic E-state index is 13.2. The Balaban J connectivity index is 1.50. The quantitative estimate of drug-likeness (QED) is 0.581. The van der Waals surface area contributed by atoms with E-state index < -0.39 is 17.2 Å². The molecular weight excluding hydrogens is 431 g/mol. The lowest BCUT2D eigenvalue weighted by Crippen LogP contribution is -2.43. The fourth-order valence-electron chi connectivity index (χ4n) is 4.10. The number of pyridine rings is 1. The number of hydrogen-bond donors (Lipinski definition) is 0. The molecule has 1 fully saturated rings. The minimum absolute atomic E-state index is 0.203. The first-order valence-corrected chi connectivity index (χ1v) is 10.4. The van der Waals surface area contributed by atoms with Crippen LogP contribution >= 0.6 is 0 Å². The summed E-state index contributed by atoms with van der Waals surface area (Å²) in [4.78, 5) is 27.3. The highest BCUT2D eigenvalue weighted by Gasteiger charge is 2.38. The highest BCUT2D eigenvalue weighted by atomic mass is 19.4. The first kappa shape index (κ1) is 22.4. The SMILES string of the molecule is N#CC1(Cc2cccc(C(F)(F)F)c2)CCN(C(=O)c2cccnc2-c2ccncn2)CC1. The summed E-state index contributed by atoms with van der Waals surface area (Å²) in [5.41, 5.74) is 0.288. The molecule has 1 amide bonds. The number of amides is 1. The summed E-state index contributed by atoms with van der Waals surface area (Å²) in [6.07, 6.45) is 1.05. The third-order valence-electron chi connectivity index (χ3n) is 5.90. The lowest BCUT2D eigenvalue weighted by atomic mass is 9.75. The van der Waals surface area contributed by atoms with Crippen molar-refractivity contribution in [3.63, 3.8) is 0 Å². The number of rotatable bonds is 4. The number of nitriles is 1. The van der Waals surface area contributed by atoms with E-state index in [0.29, 0.717) is 48.4 Å². The lowest BCUT2D eigenvalue weighted by molar-refractivity contribution is -0.137. The second-order valence-electron chi connectivity index (χ2n) is 8.05. The van der Waals surface area contributed by atoms with E-state index in [1.165, 1.54) is 12.4 Å². The van der Waals surface area contributed by atoms with Gasteiger partial charge in [0.1, 0.15) is 12.0 Å². The summed E-state index contributed by atoms with van der Waals surface area (Å²) in [7, 11) is 0. The van der Waals surface area contributed by atoms with Gasteiger partial charge in [-0.15, -0.1) is 0 Å². The maximum absolute atomic E-state index is 13.2. The second kappa shape index (κ2) is 8.98. The minimum atomic E-state index is -4.43. The molecule has 168 valence electrons. The van der Waals surface area contributed by atoms with Gasteiger partial charge >= 0.3 is 6.18 Å². The normalized spacial score (nSPS) is 15.6. The molecule has 1 aliphatic heterocycles. The summed E-state index contributed by atoms with van der Waals surface area (Å²) < 4.78 is 39.2. The molecule has 4 rings (SSSR count). The van der Waals surface area contributed by atoms with Gasteiger partial charge < -0.3 is 4.90 Å². The van der Waals surface area contributed by atoms with E-state index in [9.17, 15) is 23.2 Å². The number of halogens is 3. The average Bonchev–Trinajstić information content (AvgIpc) is 2.84. The Morgan fingerprint density at radius 2 is 1.88 bits per heavy atom. The van der Waals surface area contributed by atoms with Gasteiger partial charge in [0.2, 0.25) is 0 Å². The molecule has 33 heavy (non-hydrogen) atoms. The number of nitrogens with zero attached hydrogens (tertiary/aromatic N) is 5. The minimum Gasteiger partial charge on any atom is -0.338 e. The number of carbonyl (C=O) groups excluding carboxylic acids is 1. The van der Waals surface area contributed by atoms with Crippen LogP contribution in [0.1, 0.15) is 34.3 Å². The van der Waals surface area contributed by atoms with Gasteiger partial charge in [0, 0.05) is 25.5 Å². The van der Waals surface area contributed by atoms with Crippen LogP contribution in [0.5, 0.6) is 0 Å². The van der Waals surface area contributed by atoms with Crippen LogP contribution in [0.15, 0.2) is 61.2 Å². The molecule has 0 N–H and O–H groups in total. The van der Waals surface area contributed by atoms with Crippen molar-refractivity contribution in [3.05, 3.63) is 77.9 Å². The Morgan fingerprint density at radius 3 is 2.55 bits per heavy atom. The molecule has 0 atom stereocenters. The Bertz CT molecular complexity index is 1180. The molecule has 9 heteroatoms. The number of alkyl halides is 3. The van der Waals surface area contributed by atoms with Crippen LogP contribution in [0.25, 0.3) is 11.4 Å². The van der Waals surface area contributed by atoms with Crippen molar-refractivity contribution in [2.75, 3.05) is 13.1 Å². The van der Waals surface area contributed by atoms with Crippen LogP contribution < -0.4 is 0 Å². The second-order valence-corrected chi connectivity index (χ2v) is 8.05. The number of benzene rings is 1. The number of aromatic nitrogens is 3. The molecule has 0 spiro atoms. The van der Waals surface area contributed by atoms with Crippen molar-refractivity contribution >= 4 is 5.91 Å². The van der Waals surface area contributed by atoms with Crippen LogP contribution in [0.4, 0.5) is 13.2 Å². The fourth-order valence-corrected chi connectivity index (χ4v) is 4.10. The molecule has 0 unspecified atom stereocenters. The maximum Gasteiger partial charge on any atom is 0.416 e. The Labute approximate surface area is 188 Å². The third kappa shape index (κ3) is 4.85. The van der Waals surface area contributed by atoms with Gasteiger partial charge in [-0.25, -0.2) is 9.97 Å².